The lowest BCUT2D eigenvalue weighted by atomic mass is 10.1. The van der Waals surface area contributed by atoms with Crippen LogP contribution in [0.2, 0.25) is 5.02 Å². The minimum Gasteiger partial charge on any atom is -0.379 e. The quantitative estimate of drug-likeness (QED) is 0.616. The van der Waals surface area contributed by atoms with Gasteiger partial charge in [0.25, 0.3) is 5.69 Å². The molecule has 0 radical (unpaired) electrons. The molecule has 1 aliphatic heterocycles. The molecule has 0 atom stereocenters. The molecule has 1 heterocycles. The maximum absolute atomic E-state index is 10.8. The van der Waals surface area contributed by atoms with Gasteiger partial charge < -0.3 is 4.74 Å². The Hall–Kier alpha value is -1.17. The van der Waals surface area contributed by atoms with Crippen LogP contribution in [0.15, 0.2) is 18.2 Å². The molecule has 19 heavy (non-hydrogen) atoms. The largest absolute Gasteiger partial charge is 0.379 e. The highest BCUT2D eigenvalue weighted by Gasteiger charge is 2.13. The van der Waals surface area contributed by atoms with E-state index in [1.807, 2.05) is 6.07 Å². The van der Waals surface area contributed by atoms with E-state index in [9.17, 15) is 10.1 Å². The molecule has 6 heteroatoms. The zero-order valence-corrected chi connectivity index (χ0v) is 11.4. The molecule has 1 aliphatic rings. The molecule has 0 saturated carbocycles. The van der Waals surface area contributed by atoms with Gasteiger partial charge in [0.1, 0.15) is 5.02 Å². The number of morpholine rings is 1. The second kappa shape index (κ2) is 6.84. The molecule has 0 N–H and O–H groups in total. The van der Waals surface area contributed by atoms with Gasteiger partial charge in [-0.05, 0) is 31.0 Å². The number of ether oxygens (including phenoxy) is 1. The third-order valence-corrected chi connectivity index (χ3v) is 3.57. The molecule has 0 spiro atoms. The summed E-state index contributed by atoms with van der Waals surface area (Å²) in [6, 6.07) is 5.03. The Bertz CT molecular complexity index is 448. The number of nitro groups is 1. The molecular weight excluding hydrogens is 268 g/mol. The maximum Gasteiger partial charge on any atom is 0.288 e. The van der Waals surface area contributed by atoms with E-state index in [0.717, 1.165) is 51.3 Å². The SMILES string of the molecule is O=[N+]([O-])c1cc(CCCN2CCOCC2)ccc1Cl. The molecule has 1 aromatic rings. The average molecular weight is 285 g/mol. The fourth-order valence-electron chi connectivity index (χ4n) is 2.19. The molecule has 0 amide bonds. The van der Waals surface area contributed by atoms with E-state index in [2.05, 4.69) is 4.90 Å². The molecule has 0 bridgehead atoms. The van der Waals surface area contributed by atoms with Crippen LogP contribution in [-0.2, 0) is 11.2 Å². The van der Waals surface area contributed by atoms with Crippen LogP contribution in [0.3, 0.4) is 0 Å². The van der Waals surface area contributed by atoms with Crippen LogP contribution in [0.5, 0.6) is 0 Å². The normalized spacial score (nSPS) is 16.5. The summed E-state index contributed by atoms with van der Waals surface area (Å²) >= 11 is 5.78. The van der Waals surface area contributed by atoms with Gasteiger partial charge in [0.05, 0.1) is 18.1 Å². The van der Waals surface area contributed by atoms with Crippen LogP contribution in [0.25, 0.3) is 0 Å². The van der Waals surface area contributed by atoms with E-state index in [4.69, 9.17) is 16.3 Å². The number of benzene rings is 1. The van der Waals surface area contributed by atoms with Crippen molar-refractivity contribution in [3.05, 3.63) is 38.9 Å². The zero-order valence-electron chi connectivity index (χ0n) is 10.7. The van der Waals surface area contributed by atoms with E-state index in [-0.39, 0.29) is 10.7 Å². The zero-order chi connectivity index (χ0) is 13.7. The summed E-state index contributed by atoms with van der Waals surface area (Å²) in [6.45, 7) is 4.54. The van der Waals surface area contributed by atoms with E-state index >= 15 is 0 Å². The summed E-state index contributed by atoms with van der Waals surface area (Å²) < 4.78 is 5.29. The topological polar surface area (TPSA) is 55.6 Å². The summed E-state index contributed by atoms with van der Waals surface area (Å²) in [5.41, 5.74) is 0.954. The molecule has 0 aromatic heterocycles. The predicted molar refractivity (Wildman–Crippen MR) is 73.7 cm³/mol. The summed E-state index contributed by atoms with van der Waals surface area (Å²) in [4.78, 5) is 12.7. The van der Waals surface area contributed by atoms with Crippen LogP contribution in [-0.4, -0.2) is 42.7 Å². The Morgan fingerprint density at radius 1 is 1.37 bits per heavy atom. The van der Waals surface area contributed by atoms with Crippen molar-refractivity contribution in [2.24, 2.45) is 0 Å². The summed E-state index contributed by atoms with van der Waals surface area (Å²) in [6.07, 6.45) is 1.81. The highest BCUT2D eigenvalue weighted by atomic mass is 35.5. The van der Waals surface area contributed by atoms with Crippen molar-refractivity contribution in [1.82, 2.24) is 4.90 Å². The lowest BCUT2D eigenvalue weighted by Crippen LogP contribution is -2.36. The van der Waals surface area contributed by atoms with E-state index < -0.39 is 4.92 Å². The fraction of sp³-hybridized carbons (Fsp3) is 0.538. The predicted octanol–water partition coefficient (Wildman–Crippen LogP) is 2.51. The highest BCUT2D eigenvalue weighted by molar-refractivity contribution is 6.32. The van der Waals surface area contributed by atoms with Crippen molar-refractivity contribution in [1.29, 1.82) is 0 Å². The molecule has 5 nitrogen and oxygen atoms in total. The van der Waals surface area contributed by atoms with Crippen molar-refractivity contribution in [2.75, 3.05) is 32.8 Å². The van der Waals surface area contributed by atoms with Crippen LogP contribution >= 0.6 is 11.6 Å². The minimum atomic E-state index is -0.437. The molecule has 1 aromatic carbocycles. The van der Waals surface area contributed by atoms with Crippen molar-refractivity contribution >= 4 is 17.3 Å². The van der Waals surface area contributed by atoms with E-state index in [1.54, 1.807) is 12.1 Å². The van der Waals surface area contributed by atoms with Crippen molar-refractivity contribution in [3.8, 4) is 0 Å². The van der Waals surface area contributed by atoms with E-state index in [0.29, 0.717) is 0 Å². The molecule has 0 aliphatic carbocycles. The number of hydrogen-bond acceptors (Lipinski definition) is 4. The molecule has 104 valence electrons. The Morgan fingerprint density at radius 2 is 2.11 bits per heavy atom. The molecular formula is C13H17ClN2O3. The number of nitrogens with zero attached hydrogens (tertiary/aromatic N) is 2. The summed E-state index contributed by atoms with van der Waals surface area (Å²) in [5, 5.41) is 11.0. The van der Waals surface area contributed by atoms with Crippen molar-refractivity contribution < 1.29 is 9.66 Å². The number of hydrogen-bond donors (Lipinski definition) is 0. The Labute approximate surface area is 117 Å². The molecule has 0 unspecified atom stereocenters. The third-order valence-electron chi connectivity index (χ3n) is 3.25. The summed E-state index contributed by atoms with van der Waals surface area (Å²) in [5.74, 6) is 0. The van der Waals surface area contributed by atoms with Crippen LogP contribution in [0, 0.1) is 10.1 Å². The van der Waals surface area contributed by atoms with Crippen LogP contribution in [0.1, 0.15) is 12.0 Å². The summed E-state index contributed by atoms with van der Waals surface area (Å²) in [7, 11) is 0. The third kappa shape index (κ3) is 4.16. The van der Waals surface area contributed by atoms with Gasteiger partial charge >= 0.3 is 0 Å². The smallest absolute Gasteiger partial charge is 0.288 e. The monoisotopic (exact) mass is 284 g/mol. The minimum absolute atomic E-state index is 0.00876. The van der Waals surface area contributed by atoms with Gasteiger partial charge in [0.15, 0.2) is 0 Å². The second-order valence-electron chi connectivity index (χ2n) is 4.60. The van der Waals surface area contributed by atoms with Crippen LogP contribution < -0.4 is 0 Å². The van der Waals surface area contributed by atoms with Gasteiger partial charge in [-0.1, -0.05) is 17.7 Å². The van der Waals surface area contributed by atoms with Gasteiger partial charge in [0, 0.05) is 19.2 Å². The molecule has 1 fully saturated rings. The van der Waals surface area contributed by atoms with Crippen molar-refractivity contribution in [2.45, 2.75) is 12.8 Å². The maximum atomic E-state index is 10.8. The van der Waals surface area contributed by atoms with Gasteiger partial charge in [-0.15, -0.1) is 0 Å². The lowest BCUT2D eigenvalue weighted by Gasteiger charge is -2.26. The number of rotatable bonds is 5. The molecule has 1 saturated heterocycles. The van der Waals surface area contributed by atoms with Gasteiger partial charge in [-0.3, -0.25) is 15.0 Å². The van der Waals surface area contributed by atoms with Gasteiger partial charge in [0.2, 0.25) is 0 Å². The van der Waals surface area contributed by atoms with Gasteiger partial charge in [-0.2, -0.15) is 0 Å². The fourth-order valence-corrected chi connectivity index (χ4v) is 2.37. The standard InChI is InChI=1S/C13H17ClN2O3/c14-12-4-3-11(10-13(12)16(17)18)2-1-5-15-6-8-19-9-7-15/h3-4,10H,1-2,5-9H2. The first-order valence-corrected chi connectivity index (χ1v) is 6.77. The lowest BCUT2D eigenvalue weighted by molar-refractivity contribution is -0.384. The van der Waals surface area contributed by atoms with Gasteiger partial charge in [-0.25, -0.2) is 0 Å². The molecule has 2 rings (SSSR count). The Kier molecular flexibility index (Phi) is 5.13. The second-order valence-corrected chi connectivity index (χ2v) is 5.01. The number of halogens is 1. The van der Waals surface area contributed by atoms with Crippen molar-refractivity contribution in [3.63, 3.8) is 0 Å². The first kappa shape index (κ1) is 14.2. The average Bonchev–Trinajstić information content (AvgIpc) is 2.41. The highest BCUT2D eigenvalue weighted by Crippen LogP contribution is 2.25. The number of nitro benzene ring substituents is 1. The number of aryl methyl sites for hydroxylation is 1. The Morgan fingerprint density at radius 3 is 2.79 bits per heavy atom. The first-order valence-electron chi connectivity index (χ1n) is 6.40. The van der Waals surface area contributed by atoms with Crippen LogP contribution in [0.4, 0.5) is 5.69 Å². The Balaban J connectivity index is 1.85. The van der Waals surface area contributed by atoms with E-state index in [1.165, 1.54) is 0 Å². The first-order chi connectivity index (χ1) is 9.16.